The lowest BCUT2D eigenvalue weighted by Crippen LogP contribution is -2.47. The number of nitrogens with one attached hydrogen (secondary N) is 2. The number of para-hydroxylation sites is 2. The van der Waals surface area contributed by atoms with Gasteiger partial charge in [0.25, 0.3) is 5.91 Å². The molecule has 2 heterocycles. The van der Waals surface area contributed by atoms with Gasteiger partial charge in [0.05, 0.1) is 12.5 Å². The summed E-state index contributed by atoms with van der Waals surface area (Å²) in [5.74, 6) is 0.752. The molecule has 1 aromatic heterocycles. The Hall–Kier alpha value is -2.54. The van der Waals surface area contributed by atoms with Crippen molar-refractivity contribution in [3.63, 3.8) is 0 Å². The van der Waals surface area contributed by atoms with Crippen molar-refractivity contribution in [3.8, 4) is 11.5 Å². The van der Waals surface area contributed by atoms with Gasteiger partial charge in [0.2, 0.25) is 12.0 Å². The Morgan fingerprint density at radius 1 is 1.19 bits per heavy atom. The molecule has 0 radical (unpaired) electrons. The second kappa shape index (κ2) is 8.00. The van der Waals surface area contributed by atoms with E-state index in [1.807, 2.05) is 50.4 Å². The third kappa shape index (κ3) is 5.23. The van der Waals surface area contributed by atoms with E-state index in [0.717, 1.165) is 4.88 Å². The van der Waals surface area contributed by atoms with Crippen LogP contribution in [0.15, 0.2) is 41.8 Å². The highest BCUT2D eigenvalue weighted by atomic mass is 32.1. The third-order valence-electron chi connectivity index (χ3n) is 3.91. The molecule has 144 valence electrons. The van der Waals surface area contributed by atoms with Crippen LogP contribution in [-0.2, 0) is 9.59 Å². The molecule has 2 N–H and O–H groups in total. The summed E-state index contributed by atoms with van der Waals surface area (Å²) in [7, 11) is 0. The largest absolute Gasteiger partial charge is 0.485 e. The number of fused-ring (bicyclic) bond motifs is 1. The second-order valence-corrected chi connectivity index (χ2v) is 8.42. The lowest BCUT2D eigenvalue weighted by atomic mass is 10.1. The summed E-state index contributed by atoms with van der Waals surface area (Å²) in [6.45, 7) is 5.91. The monoisotopic (exact) mass is 388 g/mol. The zero-order valence-corrected chi connectivity index (χ0v) is 16.5. The summed E-state index contributed by atoms with van der Waals surface area (Å²) < 4.78 is 11.4. The first-order valence-electron chi connectivity index (χ1n) is 8.85. The molecular weight excluding hydrogens is 364 g/mol. The third-order valence-corrected chi connectivity index (χ3v) is 4.89. The molecule has 1 aliphatic heterocycles. The van der Waals surface area contributed by atoms with Gasteiger partial charge >= 0.3 is 0 Å². The lowest BCUT2D eigenvalue weighted by Gasteiger charge is -2.28. The van der Waals surface area contributed by atoms with E-state index in [2.05, 4.69) is 10.6 Å². The van der Waals surface area contributed by atoms with Crippen LogP contribution in [0.4, 0.5) is 0 Å². The molecule has 2 aromatic rings. The average molecular weight is 388 g/mol. The highest BCUT2D eigenvalue weighted by Gasteiger charge is 2.30. The van der Waals surface area contributed by atoms with Gasteiger partial charge in [0.15, 0.2) is 11.5 Å². The van der Waals surface area contributed by atoms with Gasteiger partial charge in [-0.15, -0.1) is 11.3 Å². The highest BCUT2D eigenvalue weighted by molar-refractivity contribution is 7.10. The molecule has 27 heavy (non-hydrogen) atoms. The van der Waals surface area contributed by atoms with Crippen LogP contribution >= 0.6 is 11.3 Å². The van der Waals surface area contributed by atoms with Gasteiger partial charge in [0.1, 0.15) is 6.61 Å². The first-order chi connectivity index (χ1) is 12.8. The Kier molecular flexibility index (Phi) is 5.70. The number of rotatable bonds is 5. The fourth-order valence-corrected chi connectivity index (χ4v) is 3.56. The van der Waals surface area contributed by atoms with Gasteiger partial charge < -0.3 is 20.1 Å². The minimum Gasteiger partial charge on any atom is -0.485 e. The molecule has 6 nitrogen and oxygen atoms in total. The molecule has 0 aliphatic carbocycles. The predicted molar refractivity (Wildman–Crippen MR) is 104 cm³/mol. The normalized spacial score (nSPS) is 17.1. The van der Waals surface area contributed by atoms with Crippen molar-refractivity contribution in [2.75, 3.05) is 6.61 Å². The number of hydrogen-bond acceptors (Lipinski definition) is 5. The van der Waals surface area contributed by atoms with E-state index in [1.54, 1.807) is 12.1 Å². The molecule has 2 amide bonds. The molecule has 0 bridgehead atoms. The fourth-order valence-electron chi connectivity index (χ4n) is 2.78. The molecule has 0 fully saturated rings. The van der Waals surface area contributed by atoms with E-state index in [1.165, 1.54) is 11.3 Å². The minimum atomic E-state index is -0.756. The van der Waals surface area contributed by atoms with Gasteiger partial charge in [-0.25, -0.2) is 0 Å². The Morgan fingerprint density at radius 2 is 1.93 bits per heavy atom. The quantitative estimate of drug-likeness (QED) is 0.825. The van der Waals surface area contributed by atoms with Crippen molar-refractivity contribution >= 4 is 23.2 Å². The van der Waals surface area contributed by atoms with Crippen LogP contribution in [0.1, 0.15) is 38.1 Å². The summed E-state index contributed by atoms with van der Waals surface area (Å²) in [4.78, 5) is 26.0. The van der Waals surface area contributed by atoms with E-state index in [4.69, 9.17) is 9.47 Å². The molecule has 2 unspecified atom stereocenters. The smallest absolute Gasteiger partial charge is 0.265 e. The lowest BCUT2D eigenvalue weighted by molar-refractivity contribution is -0.131. The summed E-state index contributed by atoms with van der Waals surface area (Å²) in [5.41, 5.74) is -0.328. The van der Waals surface area contributed by atoms with Gasteiger partial charge in [0, 0.05) is 10.4 Å². The average Bonchev–Trinajstić information content (AvgIpc) is 3.13. The Labute approximate surface area is 162 Å². The first-order valence-corrected chi connectivity index (χ1v) is 9.73. The van der Waals surface area contributed by atoms with Crippen LogP contribution < -0.4 is 20.1 Å². The molecule has 0 saturated carbocycles. The zero-order valence-electron chi connectivity index (χ0n) is 15.7. The highest BCUT2D eigenvalue weighted by Crippen LogP contribution is 2.31. The molecule has 0 saturated heterocycles. The number of hydrogen-bond donors (Lipinski definition) is 2. The van der Waals surface area contributed by atoms with Gasteiger partial charge in [-0.05, 0) is 44.4 Å². The Bertz CT molecular complexity index is 799. The molecule has 7 heteroatoms. The summed E-state index contributed by atoms with van der Waals surface area (Å²) in [6.07, 6.45) is -0.596. The van der Waals surface area contributed by atoms with E-state index in [-0.39, 0.29) is 30.4 Å². The van der Waals surface area contributed by atoms with Crippen LogP contribution in [0.3, 0.4) is 0 Å². The molecular formula is C20H24N2O4S. The number of carbonyl (C=O) groups excluding carboxylic acids is 2. The Balaban J connectivity index is 1.67. The van der Waals surface area contributed by atoms with Crippen molar-refractivity contribution < 1.29 is 19.1 Å². The van der Waals surface area contributed by atoms with Crippen molar-refractivity contribution in [2.24, 2.45) is 0 Å². The SMILES string of the molecule is CC(C)(C)NC(=O)CC(NC(=O)C1COc2ccccc2O1)c1cccs1. The molecule has 3 rings (SSSR count). The minimum absolute atomic E-state index is 0.118. The topological polar surface area (TPSA) is 76.7 Å². The van der Waals surface area contributed by atoms with Crippen LogP contribution in [-0.4, -0.2) is 30.1 Å². The van der Waals surface area contributed by atoms with E-state index >= 15 is 0 Å². The van der Waals surface area contributed by atoms with Crippen molar-refractivity contribution in [2.45, 2.75) is 44.9 Å². The van der Waals surface area contributed by atoms with Crippen LogP contribution in [0, 0.1) is 0 Å². The van der Waals surface area contributed by atoms with Crippen LogP contribution in [0.5, 0.6) is 11.5 Å². The maximum Gasteiger partial charge on any atom is 0.265 e. The molecule has 1 aliphatic rings. The van der Waals surface area contributed by atoms with E-state index in [0.29, 0.717) is 11.5 Å². The maximum atomic E-state index is 12.7. The summed E-state index contributed by atoms with van der Waals surface area (Å²) in [6, 6.07) is 10.6. The van der Waals surface area contributed by atoms with Gasteiger partial charge in [-0.1, -0.05) is 18.2 Å². The maximum absolute atomic E-state index is 12.7. The number of thiophene rings is 1. The summed E-state index contributed by atoms with van der Waals surface area (Å²) in [5, 5.41) is 7.80. The van der Waals surface area contributed by atoms with Crippen LogP contribution in [0.25, 0.3) is 0 Å². The molecule has 2 atom stereocenters. The number of ether oxygens (including phenoxy) is 2. The van der Waals surface area contributed by atoms with Crippen molar-refractivity contribution in [1.29, 1.82) is 0 Å². The van der Waals surface area contributed by atoms with Crippen LogP contribution in [0.2, 0.25) is 0 Å². The van der Waals surface area contributed by atoms with Crippen molar-refractivity contribution in [1.82, 2.24) is 10.6 Å². The number of amides is 2. The number of carbonyl (C=O) groups is 2. The van der Waals surface area contributed by atoms with E-state index in [9.17, 15) is 9.59 Å². The zero-order chi connectivity index (χ0) is 19.4. The Morgan fingerprint density at radius 3 is 2.59 bits per heavy atom. The first kappa shape index (κ1) is 19.2. The summed E-state index contributed by atoms with van der Waals surface area (Å²) >= 11 is 1.50. The van der Waals surface area contributed by atoms with E-state index < -0.39 is 12.1 Å². The van der Waals surface area contributed by atoms with Gasteiger partial charge in [-0.3, -0.25) is 9.59 Å². The second-order valence-electron chi connectivity index (χ2n) is 7.44. The molecule has 0 spiro atoms. The van der Waals surface area contributed by atoms with Crippen molar-refractivity contribution in [3.05, 3.63) is 46.7 Å². The fraction of sp³-hybridized carbons (Fsp3) is 0.400. The molecule has 1 aromatic carbocycles. The van der Waals surface area contributed by atoms with Gasteiger partial charge in [-0.2, -0.15) is 0 Å². The predicted octanol–water partition coefficient (Wildman–Crippen LogP) is 3.05. The number of benzene rings is 1. The standard InChI is InChI=1S/C20H24N2O4S/c1-20(2,3)22-18(23)11-13(17-9-6-10-27-17)21-19(24)16-12-25-14-7-4-5-8-15(14)26-16/h4-10,13,16H,11-12H2,1-3H3,(H,21,24)(H,22,23).